The third-order valence-electron chi connectivity index (χ3n) is 2.30. The number of aromatic nitrogens is 2. The van der Waals surface area contributed by atoms with Gasteiger partial charge in [0.25, 0.3) is 0 Å². The normalized spacial score (nSPS) is 10.2. The van der Waals surface area contributed by atoms with E-state index in [0.29, 0.717) is 18.2 Å². The molecule has 3 N–H and O–H groups in total. The maximum Gasteiger partial charge on any atom is 0.161 e. The SMILES string of the molecule is COCc1cccc(-c2nccc(NN)n2)c1. The molecular formula is C12H14N4O. The van der Waals surface area contributed by atoms with Crippen LogP contribution in [0.3, 0.4) is 0 Å². The van der Waals surface area contributed by atoms with Crippen molar-refractivity contribution in [1.29, 1.82) is 0 Å². The van der Waals surface area contributed by atoms with Crippen molar-refractivity contribution in [2.75, 3.05) is 12.5 Å². The maximum absolute atomic E-state index is 5.31. The summed E-state index contributed by atoms with van der Waals surface area (Å²) in [5.41, 5.74) is 4.53. The van der Waals surface area contributed by atoms with E-state index in [1.807, 2.05) is 24.3 Å². The quantitative estimate of drug-likeness (QED) is 0.616. The molecule has 0 atom stereocenters. The number of hydrazine groups is 1. The number of benzene rings is 1. The summed E-state index contributed by atoms with van der Waals surface area (Å²) in [6.07, 6.45) is 1.67. The summed E-state index contributed by atoms with van der Waals surface area (Å²) in [5, 5.41) is 0. The van der Waals surface area contributed by atoms with Crippen molar-refractivity contribution < 1.29 is 4.74 Å². The number of rotatable bonds is 4. The molecule has 1 heterocycles. The topological polar surface area (TPSA) is 73.1 Å². The van der Waals surface area contributed by atoms with E-state index >= 15 is 0 Å². The van der Waals surface area contributed by atoms with Crippen molar-refractivity contribution in [3.05, 3.63) is 42.1 Å². The molecule has 0 aliphatic carbocycles. The summed E-state index contributed by atoms with van der Waals surface area (Å²) < 4.78 is 5.09. The molecule has 1 aromatic carbocycles. The summed E-state index contributed by atoms with van der Waals surface area (Å²) in [6.45, 7) is 0.572. The van der Waals surface area contributed by atoms with Gasteiger partial charge in [-0.3, -0.25) is 0 Å². The van der Waals surface area contributed by atoms with Crippen molar-refractivity contribution >= 4 is 5.82 Å². The average molecular weight is 230 g/mol. The van der Waals surface area contributed by atoms with Crippen LogP contribution in [-0.4, -0.2) is 17.1 Å². The Kier molecular flexibility index (Phi) is 3.64. The zero-order valence-electron chi connectivity index (χ0n) is 9.55. The first-order valence-corrected chi connectivity index (χ1v) is 5.21. The fourth-order valence-electron chi connectivity index (χ4n) is 1.55. The monoisotopic (exact) mass is 230 g/mol. The lowest BCUT2D eigenvalue weighted by Crippen LogP contribution is -2.09. The van der Waals surface area contributed by atoms with E-state index in [2.05, 4.69) is 15.4 Å². The number of anilines is 1. The highest BCUT2D eigenvalue weighted by molar-refractivity contribution is 5.57. The Bertz CT molecular complexity index is 501. The third kappa shape index (κ3) is 2.77. The van der Waals surface area contributed by atoms with E-state index in [0.717, 1.165) is 11.1 Å². The number of hydrogen-bond acceptors (Lipinski definition) is 5. The Labute approximate surface area is 99.6 Å². The van der Waals surface area contributed by atoms with Gasteiger partial charge in [0.2, 0.25) is 0 Å². The summed E-state index contributed by atoms with van der Waals surface area (Å²) in [5.74, 6) is 6.54. The van der Waals surface area contributed by atoms with Gasteiger partial charge in [-0.1, -0.05) is 18.2 Å². The second-order valence-electron chi connectivity index (χ2n) is 3.54. The number of ether oxygens (including phenoxy) is 1. The fourth-order valence-corrected chi connectivity index (χ4v) is 1.55. The highest BCUT2D eigenvalue weighted by Gasteiger charge is 2.03. The molecule has 0 radical (unpaired) electrons. The molecule has 0 saturated heterocycles. The van der Waals surface area contributed by atoms with Gasteiger partial charge in [0.05, 0.1) is 6.61 Å². The first kappa shape index (κ1) is 11.5. The van der Waals surface area contributed by atoms with Gasteiger partial charge in [-0.15, -0.1) is 0 Å². The summed E-state index contributed by atoms with van der Waals surface area (Å²) in [4.78, 5) is 8.49. The van der Waals surface area contributed by atoms with Gasteiger partial charge in [-0.05, 0) is 11.6 Å². The first-order chi connectivity index (χ1) is 8.33. The number of nitrogen functional groups attached to an aromatic ring is 1. The lowest BCUT2D eigenvalue weighted by molar-refractivity contribution is 0.185. The van der Waals surface area contributed by atoms with Crippen LogP contribution in [0.15, 0.2) is 36.5 Å². The van der Waals surface area contributed by atoms with Crippen LogP contribution in [-0.2, 0) is 11.3 Å². The number of hydrogen-bond donors (Lipinski definition) is 2. The molecule has 2 rings (SSSR count). The van der Waals surface area contributed by atoms with Crippen molar-refractivity contribution in [3.8, 4) is 11.4 Å². The molecule has 0 amide bonds. The van der Waals surface area contributed by atoms with Crippen LogP contribution >= 0.6 is 0 Å². The highest BCUT2D eigenvalue weighted by atomic mass is 16.5. The standard InChI is InChI=1S/C12H14N4O/c1-17-8-9-3-2-4-10(7-9)12-14-6-5-11(15-12)16-13/h2-7H,8,13H2,1H3,(H,14,15,16). The predicted octanol–water partition coefficient (Wildman–Crippen LogP) is 1.58. The third-order valence-corrected chi connectivity index (χ3v) is 2.30. The minimum Gasteiger partial charge on any atom is -0.380 e. The van der Waals surface area contributed by atoms with Crippen LogP contribution in [0.1, 0.15) is 5.56 Å². The zero-order chi connectivity index (χ0) is 12.1. The van der Waals surface area contributed by atoms with E-state index in [1.165, 1.54) is 0 Å². The Morgan fingerprint density at radius 2 is 2.24 bits per heavy atom. The van der Waals surface area contributed by atoms with E-state index in [1.54, 1.807) is 19.4 Å². The van der Waals surface area contributed by atoms with Crippen molar-refractivity contribution in [2.45, 2.75) is 6.61 Å². The van der Waals surface area contributed by atoms with Crippen molar-refractivity contribution in [1.82, 2.24) is 9.97 Å². The Hall–Kier alpha value is -1.98. The molecule has 0 spiro atoms. The molecule has 0 aliphatic rings. The summed E-state index contributed by atoms with van der Waals surface area (Å²) in [7, 11) is 1.67. The van der Waals surface area contributed by atoms with Crippen LogP contribution in [0, 0.1) is 0 Å². The minimum absolute atomic E-state index is 0.572. The molecule has 1 aromatic heterocycles. The van der Waals surface area contributed by atoms with E-state index in [9.17, 15) is 0 Å². The summed E-state index contributed by atoms with van der Waals surface area (Å²) >= 11 is 0. The summed E-state index contributed by atoms with van der Waals surface area (Å²) in [6, 6.07) is 9.62. The largest absolute Gasteiger partial charge is 0.380 e. The van der Waals surface area contributed by atoms with Crippen LogP contribution in [0.4, 0.5) is 5.82 Å². The van der Waals surface area contributed by atoms with Crippen molar-refractivity contribution in [3.63, 3.8) is 0 Å². The molecule has 0 aliphatic heterocycles. The average Bonchev–Trinajstić information content (AvgIpc) is 2.40. The second-order valence-corrected chi connectivity index (χ2v) is 3.54. The van der Waals surface area contributed by atoms with Gasteiger partial charge >= 0.3 is 0 Å². The highest BCUT2D eigenvalue weighted by Crippen LogP contribution is 2.17. The maximum atomic E-state index is 5.31. The molecule has 0 unspecified atom stereocenters. The van der Waals surface area contributed by atoms with Crippen LogP contribution < -0.4 is 11.3 Å². The lowest BCUT2D eigenvalue weighted by Gasteiger charge is -2.05. The molecule has 17 heavy (non-hydrogen) atoms. The van der Waals surface area contributed by atoms with Crippen LogP contribution in [0.25, 0.3) is 11.4 Å². The molecular weight excluding hydrogens is 216 g/mol. The van der Waals surface area contributed by atoms with Gasteiger partial charge in [-0.2, -0.15) is 0 Å². The molecule has 5 nitrogen and oxygen atoms in total. The molecule has 0 saturated carbocycles. The first-order valence-electron chi connectivity index (χ1n) is 5.21. The molecule has 0 fully saturated rings. The number of nitrogens with zero attached hydrogens (tertiary/aromatic N) is 2. The van der Waals surface area contributed by atoms with Crippen LogP contribution in [0.2, 0.25) is 0 Å². The van der Waals surface area contributed by atoms with Gasteiger partial charge in [0.1, 0.15) is 5.82 Å². The Balaban J connectivity index is 2.34. The van der Waals surface area contributed by atoms with Gasteiger partial charge in [0, 0.05) is 24.9 Å². The van der Waals surface area contributed by atoms with Gasteiger partial charge < -0.3 is 10.2 Å². The number of nitrogens with two attached hydrogens (primary N) is 1. The molecule has 88 valence electrons. The van der Waals surface area contributed by atoms with E-state index in [-0.39, 0.29) is 0 Å². The van der Waals surface area contributed by atoms with Crippen LogP contribution in [0.5, 0.6) is 0 Å². The predicted molar refractivity (Wildman–Crippen MR) is 66.0 cm³/mol. The lowest BCUT2D eigenvalue weighted by atomic mass is 10.1. The Morgan fingerprint density at radius 1 is 1.35 bits per heavy atom. The van der Waals surface area contributed by atoms with Gasteiger partial charge in [0.15, 0.2) is 5.82 Å². The number of methoxy groups -OCH3 is 1. The van der Waals surface area contributed by atoms with Gasteiger partial charge in [-0.25, -0.2) is 15.8 Å². The molecule has 2 aromatic rings. The molecule has 5 heteroatoms. The molecule has 0 bridgehead atoms. The zero-order valence-corrected chi connectivity index (χ0v) is 9.55. The Morgan fingerprint density at radius 3 is 3.00 bits per heavy atom. The number of nitrogens with one attached hydrogen (secondary N) is 1. The smallest absolute Gasteiger partial charge is 0.161 e. The van der Waals surface area contributed by atoms with E-state index in [4.69, 9.17) is 10.6 Å². The minimum atomic E-state index is 0.572. The fraction of sp³-hybridized carbons (Fsp3) is 0.167. The second kappa shape index (κ2) is 5.38. The van der Waals surface area contributed by atoms with E-state index < -0.39 is 0 Å². The van der Waals surface area contributed by atoms with Crippen molar-refractivity contribution in [2.24, 2.45) is 5.84 Å².